The topological polar surface area (TPSA) is 36.5 Å². The second kappa shape index (κ2) is 8.36. The van der Waals surface area contributed by atoms with Crippen LogP contribution in [-0.4, -0.2) is 31.4 Å². The van der Waals surface area contributed by atoms with Crippen molar-refractivity contribution >= 4 is 34.4 Å². The molecule has 0 unspecified atom stereocenters. The van der Waals surface area contributed by atoms with E-state index in [-0.39, 0.29) is 5.11 Å². The highest BCUT2D eigenvalue weighted by molar-refractivity contribution is 7.80. The van der Waals surface area contributed by atoms with E-state index in [1.807, 2.05) is 36.9 Å². The first kappa shape index (κ1) is 20.4. The molecule has 0 aromatic heterocycles. The Hall–Kier alpha value is -2.32. The zero-order valence-corrected chi connectivity index (χ0v) is 16.5. The molecule has 28 heavy (non-hydrogen) atoms. The van der Waals surface area contributed by atoms with Gasteiger partial charge in [0.25, 0.3) is 0 Å². The maximum atomic E-state index is 13.2. The van der Waals surface area contributed by atoms with Gasteiger partial charge in [0.1, 0.15) is 0 Å². The number of nitrogens with zero attached hydrogens (tertiary/aromatic N) is 1. The van der Waals surface area contributed by atoms with Gasteiger partial charge in [0.2, 0.25) is 0 Å². The number of hydrogen-bond donors (Lipinski definition) is 2. The van der Waals surface area contributed by atoms with Crippen molar-refractivity contribution in [2.45, 2.75) is 20.0 Å². The van der Waals surface area contributed by atoms with Crippen LogP contribution in [0.1, 0.15) is 16.7 Å². The summed E-state index contributed by atoms with van der Waals surface area (Å²) in [4.78, 5) is 1.99. The number of morpholine rings is 1. The first-order valence-electron chi connectivity index (χ1n) is 8.93. The van der Waals surface area contributed by atoms with Crippen LogP contribution in [0.3, 0.4) is 0 Å². The molecule has 2 aromatic rings. The average molecular weight is 409 g/mol. The molecular formula is C20H22F3N3OS. The lowest BCUT2D eigenvalue weighted by molar-refractivity contribution is -0.137. The molecule has 8 heteroatoms. The number of rotatable bonds is 3. The smallest absolute Gasteiger partial charge is 0.378 e. The Labute approximate surface area is 167 Å². The molecule has 150 valence electrons. The van der Waals surface area contributed by atoms with Crippen molar-refractivity contribution in [2.24, 2.45) is 0 Å². The first-order valence-corrected chi connectivity index (χ1v) is 9.34. The van der Waals surface area contributed by atoms with Crippen LogP contribution in [0.25, 0.3) is 0 Å². The average Bonchev–Trinajstić information content (AvgIpc) is 2.64. The summed E-state index contributed by atoms with van der Waals surface area (Å²) in [6.07, 6.45) is -4.43. The number of nitrogens with one attached hydrogen (secondary N) is 2. The zero-order chi connectivity index (χ0) is 20.3. The first-order chi connectivity index (χ1) is 13.2. The molecule has 0 bridgehead atoms. The Morgan fingerprint density at radius 1 is 1.00 bits per heavy atom. The van der Waals surface area contributed by atoms with E-state index in [1.54, 1.807) is 0 Å². The van der Waals surface area contributed by atoms with Gasteiger partial charge >= 0.3 is 6.18 Å². The Kier molecular flexibility index (Phi) is 6.10. The van der Waals surface area contributed by atoms with E-state index in [0.29, 0.717) is 37.7 Å². The maximum Gasteiger partial charge on any atom is 0.416 e. The molecule has 1 fully saturated rings. The summed E-state index contributed by atoms with van der Waals surface area (Å²) in [5.74, 6) is 0. The van der Waals surface area contributed by atoms with E-state index in [0.717, 1.165) is 28.9 Å². The van der Waals surface area contributed by atoms with Crippen LogP contribution >= 0.6 is 12.2 Å². The van der Waals surface area contributed by atoms with Crippen molar-refractivity contribution in [3.63, 3.8) is 0 Å². The highest BCUT2D eigenvalue weighted by Gasteiger charge is 2.31. The molecule has 4 nitrogen and oxygen atoms in total. The van der Waals surface area contributed by atoms with E-state index in [4.69, 9.17) is 17.0 Å². The fourth-order valence-corrected chi connectivity index (χ4v) is 3.22. The highest BCUT2D eigenvalue weighted by atomic mass is 32.1. The van der Waals surface area contributed by atoms with E-state index < -0.39 is 11.7 Å². The summed E-state index contributed by atoms with van der Waals surface area (Å²) in [6, 6.07) is 9.46. The van der Waals surface area contributed by atoms with Crippen molar-refractivity contribution in [1.82, 2.24) is 0 Å². The summed E-state index contributed by atoms with van der Waals surface area (Å²) < 4.78 is 44.9. The lowest BCUT2D eigenvalue weighted by Gasteiger charge is -2.31. The van der Waals surface area contributed by atoms with Gasteiger partial charge in [-0.25, -0.2) is 0 Å². The number of alkyl halides is 3. The van der Waals surface area contributed by atoms with Crippen LogP contribution in [0, 0.1) is 13.8 Å². The number of thiocarbonyl (C=S) groups is 1. The number of ether oxygens (including phenoxy) is 1. The van der Waals surface area contributed by atoms with Gasteiger partial charge in [-0.2, -0.15) is 13.2 Å². The number of hydrogen-bond acceptors (Lipinski definition) is 3. The lowest BCUT2D eigenvalue weighted by atomic mass is 10.1. The maximum absolute atomic E-state index is 13.2. The minimum Gasteiger partial charge on any atom is -0.378 e. The Bertz CT molecular complexity index is 864. The molecule has 1 aliphatic heterocycles. The molecular weight excluding hydrogens is 387 g/mol. The van der Waals surface area contributed by atoms with E-state index >= 15 is 0 Å². The van der Waals surface area contributed by atoms with Gasteiger partial charge < -0.3 is 20.3 Å². The largest absolute Gasteiger partial charge is 0.416 e. The standard InChI is InChI=1S/C20H22F3N3OS/c1-13-3-5-16(11-14(13)2)24-19(28)25-17-12-15(20(21,22)23)4-6-18(17)26-7-9-27-10-8-26/h3-6,11-12H,7-10H2,1-2H3,(H2,24,25,28). The molecule has 1 saturated heterocycles. The fraction of sp³-hybridized carbons (Fsp3) is 0.350. The van der Waals surface area contributed by atoms with Crippen LogP contribution in [0.15, 0.2) is 36.4 Å². The number of halogens is 3. The van der Waals surface area contributed by atoms with Crippen molar-refractivity contribution < 1.29 is 17.9 Å². The normalized spacial score (nSPS) is 14.7. The highest BCUT2D eigenvalue weighted by Crippen LogP contribution is 2.36. The van der Waals surface area contributed by atoms with Crippen LogP contribution in [0.5, 0.6) is 0 Å². The zero-order valence-electron chi connectivity index (χ0n) is 15.7. The lowest BCUT2D eigenvalue weighted by Crippen LogP contribution is -2.37. The second-order valence-electron chi connectivity index (χ2n) is 6.71. The molecule has 2 N–H and O–H groups in total. The third-order valence-corrected chi connectivity index (χ3v) is 4.89. The van der Waals surface area contributed by atoms with Crippen molar-refractivity contribution in [3.8, 4) is 0 Å². The number of benzene rings is 2. The predicted octanol–water partition coefficient (Wildman–Crippen LogP) is 4.97. The Morgan fingerprint density at radius 3 is 2.36 bits per heavy atom. The van der Waals surface area contributed by atoms with Gasteiger partial charge in [0.05, 0.1) is 30.2 Å². The van der Waals surface area contributed by atoms with E-state index in [2.05, 4.69) is 10.6 Å². The summed E-state index contributed by atoms with van der Waals surface area (Å²) in [5, 5.41) is 6.22. The van der Waals surface area contributed by atoms with Crippen LogP contribution < -0.4 is 15.5 Å². The van der Waals surface area contributed by atoms with Gasteiger partial charge in [-0.15, -0.1) is 0 Å². The minimum atomic E-state index is -4.43. The van der Waals surface area contributed by atoms with Crippen molar-refractivity contribution in [2.75, 3.05) is 41.8 Å². The van der Waals surface area contributed by atoms with Gasteiger partial charge in [-0.05, 0) is 67.5 Å². The third-order valence-electron chi connectivity index (χ3n) is 4.69. The van der Waals surface area contributed by atoms with Crippen LogP contribution in [-0.2, 0) is 10.9 Å². The summed E-state index contributed by atoms with van der Waals surface area (Å²) in [5.41, 5.74) is 3.29. The van der Waals surface area contributed by atoms with Gasteiger partial charge in [-0.1, -0.05) is 6.07 Å². The molecule has 0 radical (unpaired) electrons. The van der Waals surface area contributed by atoms with E-state index in [9.17, 15) is 13.2 Å². The van der Waals surface area contributed by atoms with Crippen molar-refractivity contribution in [1.29, 1.82) is 0 Å². The minimum absolute atomic E-state index is 0.233. The van der Waals surface area contributed by atoms with Crippen LogP contribution in [0.2, 0.25) is 0 Å². The molecule has 0 spiro atoms. The Morgan fingerprint density at radius 2 is 1.71 bits per heavy atom. The molecule has 0 saturated carbocycles. The monoisotopic (exact) mass is 409 g/mol. The van der Waals surface area contributed by atoms with Gasteiger partial charge in [0.15, 0.2) is 5.11 Å². The number of anilines is 3. The molecule has 0 atom stereocenters. The summed E-state index contributed by atoms with van der Waals surface area (Å²) >= 11 is 5.35. The predicted molar refractivity (Wildman–Crippen MR) is 110 cm³/mol. The number of aryl methyl sites for hydroxylation is 2. The molecule has 2 aromatic carbocycles. The third kappa shape index (κ3) is 4.94. The Balaban J connectivity index is 1.84. The summed E-state index contributed by atoms with van der Waals surface area (Å²) in [7, 11) is 0. The van der Waals surface area contributed by atoms with E-state index in [1.165, 1.54) is 6.07 Å². The van der Waals surface area contributed by atoms with Crippen molar-refractivity contribution in [3.05, 3.63) is 53.1 Å². The fourth-order valence-electron chi connectivity index (χ4n) is 3.00. The van der Waals surface area contributed by atoms with Crippen LogP contribution in [0.4, 0.5) is 30.2 Å². The quantitative estimate of drug-likeness (QED) is 0.701. The molecule has 0 aliphatic carbocycles. The van der Waals surface area contributed by atoms with Gasteiger partial charge in [0, 0.05) is 18.8 Å². The van der Waals surface area contributed by atoms with Gasteiger partial charge in [-0.3, -0.25) is 0 Å². The molecule has 0 amide bonds. The molecule has 1 heterocycles. The second-order valence-corrected chi connectivity index (χ2v) is 7.12. The SMILES string of the molecule is Cc1ccc(NC(=S)Nc2cc(C(F)(F)F)ccc2N2CCOCC2)cc1C. The molecule has 3 rings (SSSR count). The molecule has 1 aliphatic rings. The summed E-state index contributed by atoms with van der Waals surface area (Å²) in [6.45, 7) is 6.28.